The number of hydrogen-bond acceptors (Lipinski definition) is 4. The second-order valence-electron chi connectivity index (χ2n) is 6.26. The average molecular weight is 359 g/mol. The Balaban J connectivity index is 1.72. The van der Waals surface area contributed by atoms with Gasteiger partial charge in [-0.3, -0.25) is 14.2 Å². The first kappa shape index (κ1) is 16.7. The molecule has 1 amide bonds. The fraction of sp³-hybridized carbons (Fsp3) is 0.100. The molecule has 7 nitrogen and oxygen atoms in total. The molecule has 0 spiro atoms. The number of carbonyl (C=O) groups is 1. The topological polar surface area (TPSA) is 81.8 Å². The van der Waals surface area contributed by atoms with Gasteiger partial charge in [0.15, 0.2) is 0 Å². The first-order valence-electron chi connectivity index (χ1n) is 8.41. The number of anilines is 1. The highest BCUT2D eigenvalue weighted by Crippen LogP contribution is 2.19. The first-order valence-corrected chi connectivity index (χ1v) is 8.41. The van der Waals surface area contributed by atoms with Gasteiger partial charge in [0, 0.05) is 29.7 Å². The van der Waals surface area contributed by atoms with Gasteiger partial charge in [0.2, 0.25) is 0 Å². The zero-order valence-electron chi connectivity index (χ0n) is 14.9. The summed E-state index contributed by atoms with van der Waals surface area (Å²) in [5, 5.41) is 11.9. The van der Waals surface area contributed by atoms with Gasteiger partial charge in [0.05, 0.1) is 11.3 Å². The summed E-state index contributed by atoms with van der Waals surface area (Å²) in [6.07, 6.45) is 3.19. The maximum atomic E-state index is 12.9. The van der Waals surface area contributed by atoms with E-state index in [1.54, 1.807) is 37.8 Å². The van der Waals surface area contributed by atoms with Crippen LogP contribution in [0.5, 0.6) is 0 Å². The number of carbonyl (C=O) groups excluding carboxylic acids is 1. The summed E-state index contributed by atoms with van der Waals surface area (Å²) in [5.74, 6) is 0.474. The van der Waals surface area contributed by atoms with Crippen LogP contribution in [0.4, 0.5) is 5.69 Å². The number of nitrogens with one attached hydrogen (secondary N) is 1. The van der Waals surface area contributed by atoms with Crippen molar-refractivity contribution >= 4 is 22.4 Å². The van der Waals surface area contributed by atoms with Gasteiger partial charge in [-0.15, -0.1) is 10.2 Å². The van der Waals surface area contributed by atoms with E-state index in [0.29, 0.717) is 22.0 Å². The number of fused-ring (bicyclic) bond motifs is 1. The Kier molecular flexibility index (Phi) is 4.04. The van der Waals surface area contributed by atoms with Gasteiger partial charge in [-0.1, -0.05) is 24.3 Å². The van der Waals surface area contributed by atoms with E-state index in [2.05, 4.69) is 15.5 Å². The number of nitrogens with zero attached hydrogens (tertiary/aromatic N) is 4. The lowest BCUT2D eigenvalue weighted by atomic mass is 10.1. The second kappa shape index (κ2) is 6.53. The van der Waals surface area contributed by atoms with Crippen molar-refractivity contribution in [1.29, 1.82) is 0 Å². The molecule has 134 valence electrons. The quantitative estimate of drug-likeness (QED) is 0.610. The Morgan fingerprint density at radius 1 is 1.07 bits per heavy atom. The van der Waals surface area contributed by atoms with E-state index >= 15 is 0 Å². The molecule has 2 heterocycles. The van der Waals surface area contributed by atoms with Crippen molar-refractivity contribution < 1.29 is 4.79 Å². The van der Waals surface area contributed by atoms with Crippen LogP contribution in [0.1, 0.15) is 16.2 Å². The molecule has 0 aliphatic heterocycles. The minimum Gasteiger partial charge on any atom is -0.322 e. The molecule has 0 aliphatic rings. The lowest BCUT2D eigenvalue weighted by Crippen LogP contribution is -2.21. The minimum atomic E-state index is -0.278. The number of aromatic nitrogens is 4. The molecule has 27 heavy (non-hydrogen) atoms. The number of hydrogen-bond donors (Lipinski definition) is 1. The molecule has 7 heteroatoms. The molecule has 0 aliphatic carbocycles. The Labute approximate surface area is 154 Å². The molecule has 4 aromatic rings. The zero-order valence-corrected chi connectivity index (χ0v) is 14.9. The molecule has 0 saturated heterocycles. The van der Waals surface area contributed by atoms with Crippen LogP contribution in [0.2, 0.25) is 0 Å². The number of benzene rings is 2. The SMILES string of the molecule is Cc1nncn1-c1cccc(NC(=O)c2cn(C)c(=O)c3ccccc23)c1. The highest BCUT2D eigenvalue weighted by Gasteiger charge is 2.14. The van der Waals surface area contributed by atoms with Crippen molar-refractivity contribution in [2.45, 2.75) is 6.92 Å². The maximum absolute atomic E-state index is 12.9. The molecule has 2 aromatic heterocycles. The molecule has 0 radical (unpaired) electrons. The van der Waals surface area contributed by atoms with Crippen molar-refractivity contribution in [3.63, 3.8) is 0 Å². The molecular weight excluding hydrogens is 342 g/mol. The van der Waals surface area contributed by atoms with Crippen LogP contribution in [-0.4, -0.2) is 25.2 Å². The highest BCUT2D eigenvalue weighted by molar-refractivity contribution is 6.12. The predicted molar refractivity (Wildman–Crippen MR) is 103 cm³/mol. The molecule has 0 saturated carbocycles. The van der Waals surface area contributed by atoms with Gasteiger partial charge in [0.25, 0.3) is 11.5 Å². The summed E-state index contributed by atoms with van der Waals surface area (Å²) in [7, 11) is 1.64. The predicted octanol–water partition coefficient (Wildman–Crippen LogP) is 2.68. The molecule has 1 N–H and O–H groups in total. The van der Waals surface area contributed by atoms with E-state index in [1.165, 1.54) is 4.57 Å². The molecule has 0 bridgehead atoms. The molecule has 0 atom stereocenters. The van der Waals surface area contributed by atoms with Gasteiger partial charge in [-0.25, -0.2) is 0 Å². The number of pyridine rings is 1. The van der Waals surface area contributed by atoms with Crippen LogP contribution < -0.4 is 10.9 Å². The summed E-state index contributed by atoms with van der Waals surface area (Å²) in [6, 6.07) is 14.5. The van der Waals surface area contributed by atoms with Crippen LogP contribution >= 0.6 is 0 Å². The Hall–Kier alpha value is -3.74. The summed E-state index contributed by atoms with van der Waals surface area (Å²) >= 11 is 0. The van der Waals surface area contributed by atoms with Crippen LogP contribution in [0.15, 0.2) is 65.8 Å². The van der Waals surface area contributed by atoms with Crippen LogP contribution in [0, 0.1) is 6.92 Å². The van der Waals surface area contributed by atoms with E-state index < -0.39 is 0 Å². The number of aryl methyl sites for hydroxylation is 2. The lowest BCUT2D eigenvalue weighted by Gasteiger charge is -2.11. The van der Waals surface area contributed by atoms with Gasteiger partial charge in [0.1, 0.15) is 12.2 Å². The minimum absolute atomic E-state index is 0.132. The smallest absolute Gasteiger partial charge is 0.258 e. The molecule has 0 unspecified atom stereocenters. The summed E-state index contributed by atoms with van der Waals surface area (Å²) in [6.45, 7) is 1.86. The second-order valence-corrected chi connectivity index (χ2v) is 6.26. The van der Waals surface area contributed by atoms with Crippen molar-refractivity contribution in [1.82, 2.24) is 19.3 Å². The summed E-state index contributed by atoms with van der Waals surface area (Å²) in [4.78, 5) is 25.2. The van der Waals surface area contributed by atoms with Crippen molar-refractivity contribution in [2.24, 2.45) is 7.05 Å². The molecule has 0 fully saturated rings. The standard InChI is InChI=1S/C20H17N5O2/c1-13-23-21-12-25(13)15-7-5-6-14(10-15)22-19(26)18-11-24(2)20(27)17-9-4-3-8-16(17)18/h3-12H,1-2H3,(H,22,26). The van der Waals surface area contributed by atoms with Crippen LogP contribution in [0.25, 0.3) is 16.5 Å². The number of amides is 1. The van der Waals surface area contributed by atoms with E-state index in [-0.39, 0.29) is 11.5 Å². The summed E-state index contributed by atoms with van der Waals surface area (Å²) < 4.78 is 3.26. The lowest BCUT2D eigenvalue weighted by molar-refractivity contribution is 0.102. The molecule has 2 aromatic carbocycles. The van der Waals surface area contributed by atoms with E-state index in [0.717, 1.165) is 11.5 Å². The third-order valence-electron chi connectivity index (χ3n) is 4.44. The molecule has 4 rings (SSSR count). The third-order valence-corrected chi connectivity index (χ3v) is 4.44. The fourth-order valence-electron chi connectivity index (χ4n) is 3.08. The van der Waals surface area contributed by atoms with Gasteiger partial charge >= 0.3 is 0 Å². The van der Waals surface area contributed by atoms with Crippen LogP contribution in [-0.2, 0) is 7.05 Å². The van der Waals surface area contributed by atoms with E-state index in [1.807, 2.05) is 41.8 Å². The van der Waals surface area contributed by atoms with Crippen molar-refractivity contribution in [2.75, 3.05) is 5.32 Å². The fourth-order valence-corrected chi connectivity index (χ4v) is 3.08. The van der Waals surface area contributed by atoms with Crippen LogP contribution in [0.3, 0.4) is 0 Å². The van der Waals surface area contributed by atoms with Gasteiger partial charge in [-0.2, -0.15) is 0 Å². The van der Waals surface area contributed by atoms with Crippen molar-refractivity contribution in [3.8, 4) is 5.69 Å². The van der Waals surface area contributed by atoms with Crippen molar-refractivity contribution in [3.05, 3.63) is 82.8 Å². The van der Waals surface area contributed by atoms with E-state index in [4.69, 9.17) is 0 Å². The Morgan fingerprint density at radius 2 is 1.85 bits per heavy atom. The molecular formula is C20H17N5O2. The maximum Gasteiger partial charge on any atom is 0.258 e. The third kappa shape index (κ3) is 2.99. The Bertz CT molecular complexity index is 1220. The van der Waals surface area contributed by atoms with Gasteiger partial charge in [-0.05, 0) is 31.2 Å². The normalized spacial score (nSPS) is 10.9. The van der Waals surface area contributed by atoms with Gasteiger partial charge < -0.3 is 9.88 Å². The number of rotatable bonds is 3. The first-order chi connectivity index (χ1) is 13.0. The highest BCUT2D eigenvalue weighted by atomic mass is 16.2. The largest absolute Gasteiger partial charge is 0.322 e. The summed E-state index contributed by atoms with van der Waals surface area (Å²) in [5.41, 5.74) is 1.80. The Morgan fingerprint density at radius 3 is 2.59 bits per heavy atom. The zero-order chi connectivity index (χ0) is 19.0. The monoisotopic (exact) mass is 359 g/mol. The van der Waals surface area contributed by atoms with E-state index in [9.17, 15) is 9.59 Å². The average Bonchev–Trinajstić information content (AvgIpc) is 3.11.